The molecule has 1 amide bonds. The molecule has 0 aliphatic carbocycles. The quantitative estimate of drug-likeness (QED) is 0.267. The molecule has 190 valence electrons. The van der Waals surface area contributed by atoms with Crippen molar-refractivity contribution >= 4 is 52.7 Å². The number of halogens is 2. The third-order valence-electron chi connectivity index (χ3n) is 4.75. The molecular weight excluding hydrogens is 513 g/mol. The smallest absolute Gasteiger partial charge is 0.322 e. The zero-order chi connectivity index (χ0) is 26.1. The molecule has 12 nitrogen and oxygen atoms in total. The van der Waals surface area contributed by atoms with Crippen molar-refractivity contribution in [2.45, 2.75) is 12.5 Å². The van der Waals surface area contributed by atoms with Crippen LogP contribution in [0, 0.1) is 0 Å². The lowest BCUT2D eigenvalue weighted by Gasteiger charge is -2.19. The van der Waals surface area contributed by atoms with Crippen molar-refractivity contribution in [3.05, 3.63) is 57.8 Å². The first-order chi connectivity index (χ1) is 17.3. The van der Waals surface area contributed by atoms with E-state index in [1.165, 1.54) is 26.6 Å². The van der Waals surface area contributed by atoms with E-state index in [-0.39, 0.29) is 53.1 Å². The summed E-state index contributed by atoms with van der Waals surface area (Å²) in [4.78, 5) is 41.0. The number of methoxy groups -OCH3 is 2. The summed E-state index contributed by atoms with van der Waals surface area (Å²) in [6, 6.07) is 6.19. The minimum absolute atomic E-state index is 0.0382. The Hall–Kier alpha value is -3.74. The molecule has 3 rings (SSSR count). The number of aromatic nitrogens is 4. The number of hydrogen-bond acceptors (Lipinski definition) is 11. The van der Waals surface area contributed by atoms with Crippen molar-refractivity contribution in [1.82, 2.24) is 19.9 Å². The number of aliphatic hydroxyl groups is 1. The number of rotatable bonds is 11. The Morgan fingerprint density at radius 3 is 2.31 bits per heavy atom. The van der Waals surface area contributed by atoms with Crippen molar-refractivity contribution in [2.24, 2.45) is 0 Å². The highest BCUT2D eigenvalue weighted by Gasteiger charge is 2.20. The van der Waals surface area contributed by atoms with Gasteiger partial charge in [0.1, 0.15) is 0 Å². The van der Waals surface area contributed by atoms with E-state index in [0.29, 0.717) is 11.3 Å². The van der Waals surface area contributed by atoms with E-state index in [1.54, 1.807) is 24.3 Å². The van der Waals surface area contributed by atoms with Crippen LogP contribution in [0.3, 0.4) is 0 Å². The van der Waals surface area contributed by atoms with Crippen LogP contribution in [0.1, 0.15) is 28.4 Å². The second kappa shape index (κ2) is 12.8. The van der Waals surface area contributed by atoms with Crippen molar-refractivity contribution < 1.29 is 24.2 Å². The van der Waals surface area contributed by atoms with E-state index in [9.17, 15) is 9.59 Å². The standard InChI is InChI=1S/C22H23Cl2N7O5/c1-35-17(33)9-16(28-21-29-20(26-7-8-32)30-22(31-21)36-2)12-3-5-13(6-4-12)27-19(34)18-14(23)10-25-11-15(18)24/h3-6,10-11,16,32H,7-9H2,1-2H3,(H,27,34)(H2,26,28,29,30,31). The van der Waals surface area contributed by atoms with Gasteiger partial charge in [-0.1, -0.05) is 35.3 Å². The zero-order valence-electron chi connectivity index (χ0n) is 19.3. The maximum absolute atomic E-state index is 12.6. The maximum Gasteiger partial charge on any atom is 0.322 e. The summed E-state index contributed by atoms with van der Waals surface area (Å²) < 4.78 is 9.94. The Balaban J connectivity index is 1.82. The summed E-state index contributed by atoms with van der Waals surface area (Å²) in [5.74, 6) is -0.645. The van der Waals surface area contributed by atoms with Crippen LogP contribution in [0.4, 0.5) is 17.6 Å². The molecule has 14 heteroatoms. The van der Waals surface area contributed by atoms with Gasteiger partial charge in [-0.05, 0) is 17.7 Å². The fraction of sp³-hybridized carbons (Fsp3) is 0.273. The molecule has 36 heavy (non-hydrogen) atoms. The van der Waals surface area contributed by atoms with Gasteiger partial charge in [-0.15, -0.1) is 0 Å². The molecule has 1 atom stereocenters. The average molecular weight is 536 g/mol. The third kappa shape index (κ3) is 7.13. The van der Waals surface area contributed by atoms with Crippen LogP contribution in [0.15, 0.2) is 36.7 Å². The summed E-state index contributed by atoms with van der Waals surface area (Å²) in [6.45, 7) is 0.103. The Morgan fingerprint density at radius 1 is 1.03 bits per heavy atom. The van der Waals surface area contributed by atoms with Gasteiger partial charge in [0.2, 0.25) is 11.9 Å². The third-order valence-corrected chi connectivity index (χ3v) is 5.32. The monoisotopic (exact) mass is 535 g/mol. The van der Waals surface area contributed by atoms with Gasteiger partial charge in [-0.3, -0.25) is 14.6 Å². The number of nitrogens with one attached hydrogen (secondary N) is 3. The number of esters is 1. The highest BCUT2D eigenvalue weighted by molar-refractivity contribution is 6.40. The number of hydrogen-bond donors (Lipinski definition) is 4. The molecule has 0 saturated heterocycles. The number of carbonyl (C=O) groups excluding carboxylic acids is 2. The Labute approximate surface area is 216 Å². The summed E-state index contributed by atoms with van der Waals surface area (Å²) >= 11 is 12.1. The van der Waals surface area contributed by atoms with E-state index >= 15 is 0 Å². The van der Waals surface area contributed by atoms with Gasteiger partial charge in [-0.2, -0.15) is 15.0 Å². The van der Waals surface area contributed by atoms with Crippen LogP contribution in [-0.4, -0.2) is 64.3 Å². The van der Waals surface area contributed by atoms with E-state index in [4.69, 9.17) is 37.8 Å². The fourth-order valence-electron chi connectivity index (χ4n) is 3.04. The van der Waals surface area contributed by atoms with Gasteiger partial charge in [0.05, 0.1) is 48.9 Å². The van der Waals surface area contributed by atoms with Gasteiger partial charge in [-0.25, -0.2) is 0 Å². The molecule has 0 bridgehead atoms. The van der Waals surface area contributed by atoms with Crippen LogP contribution in [-0.2, 0) is 9.53 Å². The van der Waals surface area contributed by atoms with Crippen molar-refractivity contribution in [3.63, 3.8) is 0 Å². The summed E-state index contributed by atoms with van der Waals surface area (Å²) in [5.41, 5.74) is 1.27. The van der Waals surface area contributed by atoms with Crippen LogP contribution in [0.25, 0.3) is 0 Å². The first-order valence-corrected chi connectivity index (χ1v) is 11.3. The molecule has 2 aromatic heterocycles. The summed E-state index contributed by atoms with van der Waals surface area (Å²) in [5, 5.41) is 17.9. The van der Waals surface area contributed by atoms with E-state index < -0.39 is 17.9 Å². The minimum atomic E-state index is -0.593. The molecule has 0 fully saturated rings. The number of pyridine rings is 1. The molecule has 1 unspecified atom stereocenters. The van der Waals surface area contributed by atoms with Crippen molar-refractivity contribution in [3.8, 4) is 6.01 Å². The van der Waals surface area contributed by atoms with E-state index in [1.807, 2.05) is 0 Å². The molecule has 0 saturated carbocycles. The van der Waals surface area contributed by atoms with Crippen LogP contribution < -0.4 is 20.7 Å². The first-order valence-electron chi connectivity index (χ1n) is 10.5. The van der Waals surface area contributed by atoms with Crippen LogP contribution in [0.5, 0.6) is 6.01 Å². The van der Waals surface area contributed by atoms with Gasteiger partial charge in [0, 0.05) is 24.6 Å². The predicted octanol–water partition coefficient (Wildman–Crippen LogP) is 2.95. The lowest BCUT2D eigenvalue weighted by Crippen LogP contribution is -2.19. The van der Waals surface area contributed by atoms with Gasteiger partial charge in [0.15, 0.2) is 0 Å². The Morgan fingerprint density at radius 2 is 1.69 bits per heavy atom. The molecule has 1 aromatic carbocycles. The van der Waals surface area contributed by atoms with Crippen LogP contribution in [0.2, 0.25) is 10.0 Å². The summed E-state index contributed by atoms with van der Waals surface area (Å²) in [7, 11) is 2.69. The number of amides is 1. The maximum atomic E-state index is 12.6. The first kappa shape index (κ1) is 26.9. The topological polar surface area (TPSA) is 160 Å². The average Bonchev–Trinajstić information content (AvgIpc) is 2.87. The number of ether oxygens (including phenoxy) is 2. The Bertz CT molecular complexity index is 1190. The molecule has 2 heterocycles. The molecule has 0 radical (unpaired) electrons. The minimum Gasteiger partial charge on any atom is -0.469 e. The normalized spacial score (nSPS) is 11.4. The van der Waals surface area contributed by atoms with Crippen LogP contribution >= 0.6 is 23.2 Å². The van der Waals surface area contributed by atoms with Crippen molar-refractivity contribution in [1.29, 1.82) is 0 Å². The van der Waals surface area contributed by atoms with E-state index in [2.05, 4.69) is 35.9 Å². The molecular formula is C22H23Cl2N7O5. The lowest BCUT2D eigenvalue weighted by molar-refractivity contribution is -0.140. The molecule has 0 spiro atoms. The number of carbonyl (C=O) groups is 2. The largest absolute Gasteiger partial charge is 0.469 e. The molecule has 0 aliphatic heterocycles. The van der Waals surface area contributed by atoms with Crippen molar-refractivity contribution in [2.75, 3.05) is 43.3 Å². The second-order valence-corrected chi connectivity index (χ2v) is 7.97. The zero-order valence-corrected chi connectivity index (χ0v) is 20.8. The predicted molar refractivity (Wildman–Crippen MR) is 134 cm³/mol. The highest BCUT2D eigenvalue weighted by Crippen LogP contribution is 2.26. The number of anilines is 3. The summed E-state index contributed by atoms with van der Waals surface area (Å²) in [6.07, 6.45) is 2.61. The fourth-order valence-corrected chi connectivity index (χ4v) is 3.57. The molecule has 4 N–H and O–H groups in total. The number of nitrogens with zero attached hydrogens (tertiary/aromatic N) is 4. The lowest BCUT2D eigenvalue weighted by atomic mass is 10.0. The van der Waals surface area contributed by atoms with Gasteiger partial charge < -0.3 is 30.5 Å². The SMILES string of the molecule is COC(=O)CC(Nc1nc(NCCO)nc(OC)n1)c1ccc(NC(=O)c2c(Cl)cncc2Cl)cc1. The van der Waals surface area contributed by atoms with Gasteiger partial charge >= 0.3 is 12.0 Å². The molecule has 3 aromatic rings. The number of benzene rings is 1. The Kier molecular flexibility index (Phi) is 9.56. The van der Waals surface area contributed by atoms with E-state index in [0.717, 1.165) is 0 Å². The second-order valence-electron chi connectivity index (χ2n) is 7.15. The molecule has 0 aliphatic rings. The van der Waals surface area contributed by atoms with Gasteiger partial charge in [0.25, 0.3) is 5.91 Å². The highest BCUT2D eigenvalue weighted by atomic mass is 35.5. The number of aliphatic hydroxyl groups excluding tert-OH is 1.